The van der Waals surface area contributed by atoms with Gasteiger partial charge in [0.1, 0.15) is 0 Å². The number of carbonyl (C=O) groups excluding carboxylic acids is 1. The number of sulfone groups is 1. The zero-order chi connectivity index (χ0) is 16.4. The molecule has 0 unspecified atom stereocenters. The van der Waals surface area contributed by atoms with E-state index in [2.05, 4.69) is 10.2 Å². The van der Waals surface area contributed by atoms with E-state index < -0.39 is 9.84 Å². The zero-order valence-electron chi connectivity index (χ0n) is 13.5. The van der Waals surface area contributed by atoms with Crippen molar-refractivity contribution in [2.24, 2.45) is 0 Å². The summed E-state index contributed by atoms with van der Waals surface area (Å²) in [6.45, 7) is 1.95. The standard InChI is InChI=1S/C17H24N2O3S/c1-23(21,22)16-6-2-13(3-7-16)12-17(20)19(14-4-5-14)15-8-10-18-11-9-15/h2-3,6-7,14-15,18H,4-5,8-12H2,1H3. The molecule has 6 heteroatoms. The van der Waals surface area contributed by atoms with Crippen LogP contribution < -0.4 is 5.32 Å². The summed E-state index contributed by atoms with van der Waals surface area (Å²) in [6, 6.07) is 7.45. The van der Waals surface area contributed by atoms with E-state index in [0.717, 1.165) is 44.3 Å². The lowest BCUT2D eigenvalue weighted by atomic mass is 10.0. The first-order valence-electron chi connectivity index (χ1n) is 8.26. The number of rotatable bonds is 5. The number of nitrogens with one attached hydrogen (secondary N) is 1. The monoisotopic (exact) mass is 336 g/mol. The van der Waals surface area contributed by atoms with Gasteiger partial charge in [0.2, 0.25) is 5.91 Å². The van der Waals surface area contributed by atoms with E-state index in [1.165, 1.54) is 6.26 Å². The van der Waals surface area contributed by atoms with Crippen LogP contribution in [0.15, 0.2) is 29.2 Å². The molecule has 1 aromatic carbocycles. The summed E-state index contributed by atoms with van der Waals surface area (Å²) >= 11 is 0. The number of nitrogens with zero attached hydrogens (tertiary/aromatic N) is 1. The molecule has 1 aliphatic heterocycles. The molecular weight excluding hydrogens is 312 g/mol. The predicted octanol–water partition coefficient (Wildman–Crippen LogP) is 1.38. The lowest BCUT2D eigenvalue weighted by Crippen LogP contribution is -2.47. The largest absolute Gasteiger partial charge is 0.336 e. The van der Waals surface area contributed by atoms with E-state index >= 15 is 0 Å². The molecular formula is C17H24N2O3S. The molecule has 23 heavy (non-hydrogen) atoms. The summed E-state index contributed by atoms with van der Waals surface area (Å²) in [6.07, 6.45) is 5.82. The van der Waals surface area contributed by atoms with Crippen molar-refractivity contribution in [3.8, 4) is 0 Å². The highest BCUT2D eigenvalue weighted by atomic mass is 32.2. The Hall–Kier alpha value is -1.40. The molecule has 2 fully saturated rings. The molecule has 1 saturated heterocycles. The molecule has 0 bridgehead atoms. The minimum Gasteiger partial charge on any atom is -0.336 e. The van der Waals surface area contributed by atoms with Crippen LogP contribution in [-0.4, -0.2) is 50.7 Å². The fourth-order valence-electron chi connectivity index (χ4n) is 3.26. The summed E-state index contributed by atoms with van der Waals surface area (Å²) in [5.74, 6) is 0.173. The third kappa shape index (κ3) is 4.12. The van der Waals surface area contributed by atoms with Crippen LogP contribution in [0.5, 0.6) is 0 Å². The molecule has 3 rings (SSSR count). The Balaban J connectivity index is 1.69. The zero-order valence-corrected chi connectivity index (χ0v) is 14.3. The maximum atomic E-state index is 12.8. The van der Waals surface area contributed by atoms with Gasteiger partial charge in [-0.05, 0) is 56.5 Å². The summed E-state index contributed by atoms with van der Waals surface area (Å²) in [4.78, 5) is 15.2. The first kappa shape index (κ1) is 16.5. The van der Waals surface area contributed by atoms with Gasteiger partial charge < -0.3 is 10.2 Å². The minimum atomic E-state index is -3.19. The van der Waals surface area contributed by atoms with E-state index in [-0.39, 0.29) is 5.91 Å². The Labute approximate surface area is 138 Å². The van der Waals surface area contributed by atoms with Crippen LogP contribution in [0.4, 0.5) is 0 Å². The molecule has 5 nitrogen and oxygen atoms in total. The number of benzene rings is 1. The van der Waals surface area contributed by atoms with Crippen molar-refractivity contribution in [2.75, 3.05) is 19.3 Å². The number of hydrogen-bond donors (Lipinski definition) is 1. The van der Waals surface area contributed by atoms with E-state index in [1.807, 2.05) is 0 Å². The number of piperidine rings is 1. The van der Waals surface area contributed by atoms with Gasteiger partial charge in [0.15, 0.2) is 9.84 Å². The second-order valence-corrected chi connectivity index (χ2v) is 8.62. The second kappa shape index (κ2) is 6.61. The molecule has 0 atom stereocenters. The maximum Gasteiger partial charge on any atom is 0.227 e. The third-order valence-electron chi connectivity index (χ3n) is 4.64. The molecule has 1 amide bonds. The van der Waals surface area contributed by atoms with Crippen molar-refractivity contribution in [3.05, 3.63) is 29.8 Å². The van der Waals surface area contributed by atoms with Crippen molar-refractivity contribution < 1.29 is 13.2 Å². The van der Waals surface area contributed by atoms with Gasteiger partial charge in [-0.2, -0.15) is 0 Å². The Bertz CT molecular complexity index is 660. The summed E-state index contributed by atoms with van der Waals surface area (Å²) in [5, 5.41) is 3.34. The van der Waals surface area contributed by atoms with Crippen LogP contribution in [0, 0.1) is 0 Å². The fourth-order valence-corrected chi connectivity index (χ4v) is 3.89. The molecule has 0 spiro atoms. The van der Waals surface area contributed by atoms with Gasteiger partial charge in [0, 0.05) is 18.3 Å². The van der Waals surface area contributed by atoms with Crippen LogP contribution in [0.25, 0.3) is 0 Å². The molecule has 1 aromatic rings. The normalized spacial score (nSPS) is 19.5. The highest BCUT2D eigenvalue weighted by Crippen LogP contribution is 2.31. The van der Waals surface area contributed by atoms with Gasteiger partial charge in [-0.15, -0.1) is 0 Å². The summed E-state index contributed by atoms with van der Waals surface area (Å²) in [7, 11) is -3.19. The van der Waals surface area contributed by atoms with Crippen molar-refractivity contribution >= 4 is 15.7 Å². The van der Waals surface area contributed by atoms with Crippen LogP contribution >= 0.6 is 0 Å². The van der Waals surface area contributed by atoms with Crippen LogP contribution in [0.2, 0.25) is 0 Å². The van der Waals surface area contributed by atoms with Crippen molar-refractivity contribution in [1.29, 1.82) is 0 Å². The number of carbonyl (C=O) groups is 1. The fraction of sp³-hybridized carbons (Fsp3) is 0.588. The molecule has 1 N–H and O–H groups in total. The van der Waals surface area contributed by atoms with Crippen LogP contribution in [0.1, 0.15) is 31.2 Å². The van der Waals surface area contributed by atoms with E-state index in [1.54, 1.807) is 24.3 Å². The van der Waals surface area contributed by atoms with Gasteiger partial charge in [-0.3, -0.25) is 4.79 Å². The van der Waals surface area contributed by atoms with Crippen molar-refractivity contribution in [2.45, 2.75) is 49.1 Å². The summed E-state index contributed by atoms with van der Waals surface area (Å²) < 4.78 is 23.0. The smallest absolute Gasteiger partial charge is 0.227 e. The topological polar surface area (TPSA) is 66.5 Å². The number of hydrogen-bond acceptors (Lipinski definition) is 4. The first-order chi connectivity index (χ1) is 10.9. The molecule has 1 saturated carbocycles. The van der Waals surface area contributed by atoms with Crippen molar-refractivity contribution in [1.82, 2.24) is 10.2 Å². The van der Waals surface area contributed by atoms with Crippen LogP contribution in [-0.2, 0) is 21.1 Å². The predicted molar refractivity (Wildman–Crippen MR) is 89.0 cm³/mol. The van der Waals surface area contributed by atoms with Gasteiger partial charge in [-0.25, -0.2) is 8.42 Å². The Kier molecular flexibility index (Phi) is 4.73. The maximum absolute atomic E-state index is 12.8. The minimum absolute atomic E-state index is 0.173. The van der Waals surface area contributed by atoms with E-state index in [0.29, 0.717) is 23.4 Å². The van der Waals surface area contributed by atoms with E-state index in [9.17, 15) is 13.2 Å². The SMILES string of the molecule is CS(=O)(=O)c1ccc(CC(=O)N(C2CCNCC2)C2CC2)cc1. The van der Waals surface area contributed by atoms with Crippen molar-refractivity contribution in [3.63, 3.8) is 0 Å². The molecule has 0 radical (unpaired) electrons. The number of amides is 1. The lowest BCUT2D eigenvalue weighted by Gasteiger charge is -2.35. The third-order valence-corrected chi connectivity index (χ3v) is 5.77. The second-order valence-electron chi connectivity index (χ2n) is 6.61. The first-order valence-corrected chi connectivity index (χ1v) is 10.1. The van der Waals surface area contributed by atoms with Gasteiger partial charge in [0.25, 0.3) is 0 Å². The van der Waals surface area contributed by atoms with E-state index in [4.69, 9.17) is 0 Å². The Morgan fingerprint density at radius 1 is 1.09 bits per heavy atom. The van der Waals surface area contributed by atoms with Gasteiger partial charge >= 0.3 is 0 Å². The molecule has 2 aliphatic rings. The molecule has 1 heterocycles. The highest BCUT2D eigenvalue weighted by molar-refractivity contribution is 7.90. The van der Waals surface area contributed by atoms with Gasteiger partial charge in [0.05, 0.1) is 11.3 Å². The quantitative estimate of drug-likeness (QED) is 0.882. The average molecular weight is 336 g/mol. The molecule has 1 aliphatic carbocycles. The van der Waals surface area contributed by atoms with Crippen LogP contribution in [0.3, 0.4) is 0 Å². The Morgan fingerprint density at radius 2 is 1.65 bits per heavy atom. The summed E-state index contributed by atoms with van der Waals surface area (Å²) in [5.41, 5.74) is 0.877. The highest BCUT2D eigenvalue weighted by Gasteiger charge is 2.37. The average Bonchev–Trinajstić information content (AvgIpc) is 3.33. The molecule has 126 valence electrons. The Morgan fingerprint density at radius 3 is 2.17 bits per heavy atom. The van der Waals surface area contributed by atoms with Gasteiger partial charge in [-0.1, -0.05) is 12.1 Å². The lowest BCUT2D eigenvalue weighted by molar-refractivity contribution is -0.134. The molecule has 0 aromatic heterocycles.